The molecule has 1 heteroatoms. The van der Waals surface area contributed by atoms with Crippen molar-refractivity contribution in [2.45, 2.75) is 6.17 Å². The molecule has 0 fully saturated rings. The van der Waals surface area contributed by atoms with Gasteiger partial charge in [0.15, 0.2) is 6.17 Å². The molecule has 0 saturated heterocycles. The third kappa shape index (κ3) is 2.00. The Morgan fingerprint density at radius 1 is 0.778 bits per heavy atom. The molecule has 0 spiro atoms. The van der Waals surface area contributed by atoms with Crippen molar-refractivity contribution in [2.24, 2.45) is 0 Å². The van der Waals surface area contributed by atoms with E-state index in [4.69, 9.17) is 0 Å². The van der Waals surface area contributed by atoms with Gasteiger partial charge >= 0.3 is 0 Å². The molecule has 1 radical (unpaired) electrons. The highest BCUT2D eigenvalue weighted by atomic mass is 19.1. The molecule has 0 amide bonds. The van der Waals surface area contributed by atoms with Gasteiger partial charge in [0.2, 0.25) is 0 Å². The molecular formula is C17H12F. The van der Waals surface area contributed by atoms with Crippen molar-refractivity contribution in [3.05, 3.63) is 83.9 Å². The molecule has 1 unspecified atom stereocenters. The lowest BCUT2D eigenvalue weighted by molar-refractivity contribution is 0.402. The first-order valence-electron chi connectivity index (χ1n) is 5.94. The molecular weight excluding hydrogens is 223 g/mol. The highest BCUT2D eigenvalue weighted by molar-refractivity contribution is 5.82. The van der Waals surface area contributed by atoms with Crippen molar-refractivity contribution >= 4 is 10.8 Å². The van der Waals surface area contributed by atoms with Gasteiger partial charge in [0.25, 0.3) is 0 Å². The highest BCUT2D eigenvalue weighted by Gasteiger charge is 2.12. The zero-order valence-electron chi connectivity index (χ0n) is 9.81. The molecule has 0 nitrogen and oxygen atoms in total. The minimum atomic E-state index is -1.11. The van der Waals surface area contributed by atoms with Crippen LogP contribution in [0.3, 0.4) is 0 Å². The highest BCUT2D eigenvalue weighted by Crippen LogP contribution is 2.27. The van der Waals surface area contributed by atoms with E-state index in [9.17, 15) is 4.39 Å². The summed E-state index contributed by atoms with van der Waals surface area (Å²) in [7, 11) is 0. The van der Waals surface area contributed by atoms with Crippen molar-refractivity contribution in [3.63, 3.8) is 0 Å². The molecule has 3 aromatic rings. The SMILES string of the molecule is FC(c1[c]c2ccccc2cc1)c1ccccc1. The quantitative estimate of drug-likeness (QED) is 0.604. The smallest absolute Gasteiger partial charge is 0.151 e. The summed E-state index contributed by atoms with van der Waals surface area (Å²) in [5.74, 6) is 0. The van der Waals surface area contributed by atoms with Crippen LogP contribution in [0.1, 0.15) is 17.3 Å². The van der Waals surface area contributed by atoms with Gasteiger partial charge < -0.3 is 0 Å². The molecule has 0 aliphatic heterocycles. The summed E-state index contributed by atoms with van der Waals surface area (Å²) in [6, 6.07) is 24.0. The van der Waals surface area contributed by atoms with Gasteiger partial charge in [-0.1, -0.05) is 66.7 Å². The maximum atomic E-state index is 14.4. The standard InChI is InChI=1S/C17H12F/c18-17(14-7-2-1-3-8-14)16-11-10-13-6-4-5-9-15(13)12-16/h1-11,17H. The Labute approximate surface area is 106 Å². The summed E-state index contributed by atoms with van der Waals surface area (Å²) < 4.78 is 14.4. The molecule has 3 rings (SSSR count). The van der Waals surface area contributed by atoms with Gasteiger partial charge in [-0.25, -0.2) is 4.39 Å². The van der Waals surface area contributed by atoms with E-state index in [2.05, 4.69) is 6.07 Å². The van der Waals surface area contributed by atoms with Crippen molar-refractivity contribution < 1.29 is 4.39 Å². The van der Waals surface area contributed by atoms with E-state index >= 15 is 0 Å². The predicted octanol–water partition coefficient (Wildman–Crippen LogP) is 4.70. The predicted molar refractivity (Wildman–Crippen MR) is 72.2 cm³/mol. The first-order chi connectivity index (χ1) is 8.84. The number of halogens is 1. The monoisotopic (exact) mass is 235 g/mol. The van der Waals surface area contributed by atoms with Gasteiger partial charge in [-0.2, -0.15) is 0 Å². The number of hydrogen-bond acceptors (Lipinski definition) is 0. The van der Waals surface area contributed by atoms with E-state index in [1.807, 2.05) is 48.5 Å². The van der Waals surface area contributed by atoms with Crippen molar-refractivity contribution in [1.29, 1.82) is 0 Å². The van der Waals surface area contributed by atoms with Gasteiger partial charge in [-0.15, -0.1) is 0 Å². The second kappa shape index (κ2) is 4.61. The van der Waals surface area contributed by atoms with Gasteiger partial charge in [0, 0.05) is 0 Å². The van der Waals surface area contributed by atoms with E-state index in [1.54, 1.807) is 18.2 Å². The molecule has 0 aromatic heterocycles. The Hall–Kier alpha value is -2.15. The van der Waals surface area contributed by atoms with Crippen molar-refractivity contribution in [3.8, 4) is 0 Å². The zero-order chi connectivity index (χ0) is 12.4. The molecule has 0 aliphatic rings. The molecule has 1 atom stereocenters. The molecule has 18 heavy (non-hydrogen) atoms. The van der Waals surface area contributed by atoms with E-state index < -0.39 is 6.17 Å². The maximum Gasteiger partial charge on any atom is 0.151 e. The molecule has 0 heterocycles. The summed E-state index contributed by atoms with van der Waals surface area (Å²) >= 11 is 0. The van der Waals surface area contributed by atoms with Crippen LogP contribution in [-0.4, -0.2) is 0 Å². The number of alkyl halides is 1. The average molecular weight is 235 g/mol. The lowest BCUT2D eigenvalue weighted by atomic mass is 10.00. The molecule has 0 bridgehead atoms. The third-order valence-corrected chi connectivity index (χ3v) is 3.05. The van der Waals surface area contributed by atoms with E-state index in [0.717, 1.165) is 10.8 Å². The first kappa shape index (κ1) is 11.0. The lowest BCUT2D eigenvalue weighted by Crippen LogP contribution is -1.94. The van der Waals surface area contributed by atoms with E-state index in [0.29, 0.717) is 11.1 Å². The van der Waals surface area contributed by atoms with Crippen LogP contribution < -0.4 is 0 Å². The largest absolute Gasteiger partial charge is 0.237 e. The Morgan fingerprint density at radius 3 is 2.33 bits per heavy atom. The molecule has 0 aliphatic carbocycles. The van der Waals surface area contributed by atoms with Crippen LogP contribution in [0.25, 0.3) is 10.8 Å². The minimum Gasteiger partial charge on any atom is -0.237 e. The van der Waals surface area contributed by atoms with Gasteiger partial charge in [-0.05, 0) is 28.0 Å². The van der Waals surface area contributed by atoms with Crippen LogP contribution in [0.15, 0.2) is 66.7 Å². The van der Waals surface area contributed by atoms with Crippen molar-refractivity contribution in [1.82, 2.24) is 0 Å². The van der Waals surface area contributed by atoms with Crippen LogP contribution in [0.2, 0.25) is 0 Å². The Balaban J connectivity index is 2.04. The summed E-state index contributed by atoms with van der Waals surface area (Å²) in [4.78, 5) is 0. The average Bonchev–Trinajstić information content (AvgIpc) is 2.47. The molecule has 0 N–H and O–H groups in total. The second-order valence-corrected chi connectivity index (χ2v) is 4.27. The fourth-order valence-electron chi connectivity index (χ4n) is 2.08. The topological polar surface area (TPSA) is 0 Å². The molecule has 87 valence electrons. The number of benzene rings is 3. The number of hydrogen-bond donors (Lipinski definition) is 0. The van der Waals surface area contributed by atoms with Crippen LogP contribution in [-0.2, 0) is 0 Å². The van der Waals surface area contributed by atoms with Crippen LogP contribution >= 0.6 is 0 Å². The fraction of sp³-hybridized carbons (Fsp3) is 0.0588. The number of rotatable bonds is 2. The number of fused-ring (bicyclic) bond motifs is 1. The Bertz CT molecular complexity index is 659. The summed E-state index contributed by atoms with van der Waals surface area (Å²) in [5.41, 5.74) is 1.25. The van der Waals surface area contributed by atoms with E-state index in [-0.39, 0.29) is 0 Å². The van der Waals surface area contributed by atoms with Gasteiger partial charge in [0.1, 0.15) is 0 Å². The Morgan fingerprint density at radius 2 is 1.50 bits per heavy atom. The van der Waals surface area contributed by atoms with Crippen molar-refractivity contribution in [2.75, 3.05) is 0 Å². The summed E-state index contributed by atoms with van der Waals surface area (Å²) in [6.45, 7) is 0. The summed E-state index contributed by atoms with van der Waals surface area (Å²) in [6.07, 6.45) is -1.11. The Kier molecular flexibility index (Phi) is 2.81. The van der Waals surface area contributed by atoms with Gasteiger partial charge in [0.05, 0.1) is 0 Å². The second-order valence-electron chi connectivity index (χ2n) is 4.27. The first-order valence-corrected chi connectivity index (χ1v) is 5.94. The normalized spacial score (nSPS) is 12.5. The molecule has 0 saturated carbocycles. The van der Waals surface area contributed by atoms with Crippen LogP contribution in [0.5, 0.6) is 0 Å². The van der Waals surface area contributed by atoms with Crippen LogP contribution in [0.4, 0.5) is 4.39 Å². The molecule has 3 aromatic carbocycles. The van der Waals surface area contributed by atoms with Gasteiger partial charge in [-0.3, -0.25) is 0 Å². The maximum absolute atomic E-state index is 14.4. The van der Waals surface area contributed by atoms with E-state index in [1.165, 1.54) is 0 Å². The fourth-order valence-corrected chi connectivity index (χ4v) is 2.08. The minimum absolute atomic E-state index is 0.583. The lowest BCUT2D eigenvalue weighted by Gasteiger charge is -2.09. The summed E-state index contributed by atoms with van der Waals surface area (Å²) in [5, 5.41) is 2.04. The zero-order valence-corrected chi connectivity index (χ0v) is 9.81. The third-order valence-electron chi connectivity index (χ3n) is 3.05. The van der Waals surface area contributed by atoms with Crippen LogP contribution in [0, 0.1) is 6.07 Å².